The number of ether oxygens (including phenoxy) is 1. The fourth-order valence-electron chi connectivity index (χ4n) is 7.44. The van der Waals surface area contributed by atoms with Gasteiger partial charge < -0.3 is 25.6 Å². The molecule has 0 unspecified atom stereocenters. The Morgan fingerprint density at radius 1 is 1.08 bits per heavy atom. The van der Waals surface area contributed by atoms with Crippen LogP contribution in [0.25, 0.3) is 22.0 Å². The fraction of sp³-hybridized carbons (Fsp3) is 0.531. The maximum Gasteiger partial charge on any atom is 0.419 e. The largest absolute Gasteiger partial charge is 0.463 e. The molecule has 3 aliphatic rings. The Morgan fingerprint density at radius 3 is 2.38 bits per heavy atom. The monoisotopic (exact) mass is 683 g/mol. The third-order valence-electron chi connectivity index (χ3n) is 9.83. The molecule has 0 aliphatic carbocycles. The Bertz CT molecular complexity index is 1770. The van der Waals surface area contributed by atoms with E-state index in [-0.39, 0.29) is 48.9 Å². The number of hydrogen-bond donors (Lipinski definition) is 2. The molecule has 0 saturated carbocycles. The van der Waals surface area contributed by atoms with Gasteiger partial charge in [-0.2, -0.15) is 28.4 Å². The average Bonchev–Trinajstić information content (AvgIpc) is 3.35. The average molecular weight is 684 g/mol. The molecule has 3 N–H and O–H groups in total. The van der Waals surface area contributed by atoms with Crippen molar-refractivity contribution in [3.05, 3.63) is 40.7 Å². The predicted molar refractivity (Wildman–Crippen MR) is 161 cm³/mol. The summed E-state index contributed by atoms with van der Waals surface area (Å²) in [4.78, 5) is 12.3. The topological polar surface area (TPSA) is 103 Å². The van der Waals surface area contributed by atoms with Crippen molar-refractivity contribution in [2.24, 2.45) is 11.3 Å². The Kier molecular flexibility index (Phi) is 8.82. The molecule has 0 radical (unpaired) electrons. The number of hydrogen-bond acceptors (Lipinski definition) is 8. The van der Waals surface area contributed by atoms with Crippen LogP contribution in [0.3, 0.4) is 0 Å². The first kappa shape index (κ1) is 33.9. The zero-order valence-electron chi connectivity index (χ0n) is 26.1. The van der Waals surface area contributed by atoms with Gasteiger partial charge in [-0.05, 0) is 44.5 Å². The Morgan fingerprint density at radius 2 is 1.77 bits per heavy atom. The van der Waals surface area contributed by atoms with Gasteiger partial charge in [0.05, 0.1) is 23.4 Å². The van der Waals surface area contributed by atoms with Crippen LogP contribution in [0, 0.1) is 40.1 Å². The summed E-state index contributed by atoms with van der Waals surface area (Å²) in [5.41, 5.74) is -2.65. The van der Waals surface area contributed by atoms with E-state index in [0.29, 0.717) is 26.2 Å². The second-order valence-corrected chi connectivity index (χ2v) is 13.0. The standard InChI is InChI=1S/C32H33F8N7O/c1-3-46-7-6-19(28(36)37)31(2,13-46)14-48-30-44-27-17(29(45-30)47-11-15-4-5-16(12-47)43-15)8-20(33)24(26(27)35)23-18(10-41)22(42)9-21(34)25(23)32(38,39)40/h8-9,15-16,19,28,43H,3-7,11-14,42H2,1-2H3/t15-,16+,19-,31+/m1/s1. The summed E-state index contributed by atoms with van der Waals surface area (Å²) in [5.74, 6) is -6.09. The van der Waals surface area contributed by atoms with Gasteiger partial charge in [0.1, 0.15) is 34.6 Å². The molecular formula is C32H33F8N7O. The van der Waals surface area contributed by atoms with E-state index in [0.717, 1.165) is 18.9 Å². The van der Waals surface area contributed by atoms with Gasteiger partial charge in [-0.3, -0.25) is 0 Å². The number of nitriles is 1. The third kappa shape index (κ3) is 5.95. The number of fused-ring (bicyclic) bond motifs is 3. The van der Waals surface area contributed by atoms with Crippen molar-refractivity contribution in [3.8, 4) is 23.2 Å². The smallest absolute Gasteiger partial charge is 0.419 e. The molecule has 4 heterocycles. The number of aromatic nitrogens is 2. The molecule has 16 heteroatoms. The van der Waals surface area contributed by atoms with Crippen molar-refractivity contribution in [1.29, 1.82) is 5.26 Å². The maximum absolute atomic E-state index is 16.6. The zero-order chi connectivity index (χ0) is 34.7. The highest BCUT2D eigenvalue weighted by Crippen LogP contribution is 2.46. The molecule has 0 spiro atoms. The first-order valence-electron chi connectivity index (χ1n) is 15.6. The number of nitrogens with two attached hydrogens (primary N) is 1. The van der Waals surface area contributed by atoms with Crippen molar-refractivity contribution >= 4 is 22.4 Å². The van der Waals surface area contributed by atoms with E-state index in [2.05, 4.69) is 15.3 Å². The number of nitrogen functional groups attached to an aromatic ring is 1. The van der Waals surface area contributed by atoms with E-state index in [9.17, 15) is 31.6 Å². The molecule has 1 aromatic heterocycles. The van der Waals surface area contributed by atoms with E-state index >= 15 is 8.78 Å². The lowest BCUT2D eigenvalue weighted by Crippen LogP contribution is -2.52. The highest BCUT2D eigenvalue weighted by Gasteiger charge is 2.45. The number of nitrogens with zero attached hydrogens (tertiary/aromatic N) is 5. The molecule has 6 rings (SSSR count). The molecule has 3 fully saturated rings. The first-order valence-corrected chi connectivity index (χ1v) is 15.6. The number of piperidine rings is 1. The van der Waals surface area contributed by atoms with Gasteiger partial charge >= 0.3 is 12.2 Å². The Labute approximate surface area is 270 Å². The van der Waals surface area contributed by atoms with Crippen molar-refractivity contribution < 1.29 is 39.9 Å². The first-order chi connectivity index (χ1) is 22.6. The van der Waals surface area contributed by atoms with Crippen molar-refractivity contribution in [3.63, 3.8) is 0 Å². The van der Waals surface area contributed by atoms with Gasteiger partial charge in [0.15, 0.2) is 5.82 Å². The molecule has 8 nitrogen and oxygen atoms in total. The number of benzene rings is 2. The van der Waals surface area contributed by atoms with E-state index < -0.39 is 80.9 Å². The normalized spacial score (nSPS) is 24.8. The summed E-state index contributed by atoms with van der Waals surface area (Å²) in [6.07, 6.45) is -6.25. The molecule has 4 atom stereocenters. The summed E-state index contributed by atoms with van der Waals surface area (Å²) in [7, 11) is 0. The van der Waals surface area contributed by atoms with E-state index in [1.54, 1.807) is 11.8 Å². The summed E-state index contributed by atoms with van der Waals surface area (Å²) in [6, 6.07) is 2.03. The van der Waals surface area contributed by atoms with Crippen LogP contribution in [0.4, 0.5) is 46.6 Å². The number of nitrogens with one attached hydrogen (secondary N) is 1. The molecule has 2 bridgehead atoms. The lowest BCUT2D eigenvalue weighted by molar-refractivity contribution is -0.139. The van der Waals surface area contributed by atoms with Gasteiger partial charge in [0.25, 0.3) is 0 Å². The van der Waals surface area contributed by atoms with E-state index in [1.165, 1.54) is 6.07 Å². The van der Waals surface area contributed by atoms with Crippen LogP contribution in [0.5, 0.6) is 6.01 Å². The fourth-order valence-corrected chi connectivity index (χ4v) is 7.44. The molecule has 0 amide bonds. The molecule has 3 saturated heterocycles. The van der Waals surface area contributed by atoms with Crippen LogP contribution in [0.15, 0.2) is 12.1 Å². The number of anilines is 2. The van der Waals surface area contributed by atoms with Crippen molar-refractivity contribution in [1.82, 2.24) is 20.2 Å². The molecule has 3 aromatic rings. The van der Waals surface area contributed by atoms with Gasteiger partial charge in [-0.1, -0.05) is 13.8 Å². The summed E-state index contributed by atoms with van der Waals surface area (Å²) in [5, 5.41) is 12.9. The molecule has 2 aromatic carbocycles. The molecule has 3 aliphatic heterocycles. The number of rotatable bonds is 7. The van der Waals surface area contributed by atoms with Crippen LogP contribution >= 0.6 is 0 Å². The highest BCUT2D eigenvalue weighted by atomic mass is 19.4. The number of likely N-dealkylation sites (tertiary alicyclic amines) is 1. The summed E-state index contributed by atoms with van der Waals surface area (Å²) in [6.45, 7) is 5.34. The second kappa shape index (κ2) is 12.5. The minimum absolute atomic E-state index is 0.0300. The highest BCUT2D eigenvalue weighted by molar-refractivity contribution is 5.95. The summed E-state index contributed by atoms with van der Waals surface area (Å²) < 4.78 is 124. The maximum atomic E-state index is 16.6. The van der Waals surface area contributed by atoms with Crippen LogP contribution in [-0.4, -0.2) is 72.7 Å². The lowest BCUT2D eigenvalue weighted by Gasteiger charge is -2.45. The quantitative estimate of drug-likeness (QED) is 0.227. The molecule has 258 valence electrons. The number of halogens is 8. The summed E-state index contributed by atoms with van der Waals surface area (Å²) >= 11 is 0. The van der Waals surface area contributed by atoms with Crippen LogP contribution in [0.1, 0.15) is 44.2 Å². The van der Waals surface area contributed by atoms with Crippen LogP contribution in [-0.2, 0) is 6.18 Å². The van der Waals surface area contributed by atoms with Gasteiger partial charge in [-0.25, -0.2) is 22.0 Å². The van der Waals surface area contributed by atoms with Gasteiger partial charge in [0, 0.05) is 54.0 Å². The molecule has 48 heavy (non-hydrogen) atoms. The van der Waals surface area contributed by atoms with E-state index in [4.69, 9.17) is 10.5 Å². The SMILES string of the molecule is CCN1CC[C@H](C(F)F)[C@](C)(COc2nc(N3C[C@H]4CC[C@@H](C3)N4)c3cc(F)c(-c4c(C#N)c(N)cc(F)c4C(F)(F)F)c(F)c3n2)C1. The second-order valence-electron chi connectivity index (χ2n) is 13.0. The van der Waals surface area contributed by atoms with Gasteiger partial charge in [-0.15, -0.1) is 0 Å². The minimum atomic E-state index is -5.47. The third-order valence-corrected chi connectivity index (χ3v) is 9.83. The molecular weight excluding hydrogens is 650 g/mol. The lowest BCUT2D eigenvalue weighted by atomic mass is 9.73. The number of piperazine rings is 1. The van der Waals surface area contributed by atoms with Crippen LogP contribution < -0.4 is 20.7 Å². The Balaban J connectivity index is 1.54. The van der Waals surface area contributed by atoms with E-state index in [1.807, 2.05) is 11.8 Å². The predicted octanol–water partition coefficient (Wildman–Crippen LogP) is 6.12. The minimum Gasteiger partial charge on any atom is -0.463 e. The Hall–Kier alpha value is -3.97. The number of alkyl halides is 5. The zero-order valence-corrected chi connectivity index (χ0v) is 26.1. The van der Waals surface area contributed by atoms with Crippen molar-refractivity contribution in [2.45, 2.75) is 57.8 Å². The van der Waals surface area contributed by atoms with Crippen molar-refractivity contribution in [2.75, 3.05) is 50.0 Å². The van der Waals surface area contributed by atoms with Gasteiger partial charge in [0.2, 0.25) is 6.43 Å². The van der Waals surface area contributed by atoms with Crippen LogP contribution in [0.2, 0.25) is 0 Å².